The van der Waals surface area contributed by atoms with Gasteiger partial charge in [-0.2, -0.15) is 4.98 Å². The van der Waals surface area contributed by atoms with E-state index in [9.17, 15) is 4.39 Å². The van der Waals surface area contributed by atoms with Crippen LogP contribution in [-0.4, -0.2) is 14.6 Å². The van der Waals surface area contributed by atoms with Gasteiger partial charge in [0.1, 0.15) is 5.82 Å². The average molecular weight is 304 g/mol. The van der Waals surface area contributed by atoms with Gasteiger partial charge in [-0.3, -0.25) is 0 Å². The maximum Gasteiger partial charge on any atom is 0.247 e. The standard InChI is InChI=1S/C18H13FN4/c19-16-11-5-4-9-14(16)15-10-6-12-23-17(15)21-18(22-23)20-13-7-2-1-3-8-13/h1-12H,(H,20,22). The lowest BCUT2D eigenvalue weighted by Gasteiger charge is -2.03. The molecular formula is C18H13FN4. The van der Waals surface area contributed by atoms with E-state index >= 15 is 0 Å². The average Bonchev–Trinajstić information content (AvgIpc) is 2.99. The molecule has 0 radical (unpaired) electrons. The number of anilines is 2. The van der Waals surface area contributed by atoms with Crippen LogP contribution in [0.5, 0.6) is 0 Å². The van der Waals surface area contributed by atoms with Crippen LogP contribution in [0.25, 0.3) is 16.8 Å². The topological polar surface area (TPSA) is 42.2 Å². The number of hydrogen-bond donors (Lipinski definition) is 1. The van der Waals surface area contributed by atoms with Crippen molar-refractivity contribution in [3.8, 4) is 11.1 Å². The molecule has 23 heavy (non-hydrogen) atoms. The minimum atomic E-state index is -0.277. The van der Waals surface area contributed by atoms with Gasteiger partial charge < -0.3 is 5.32 Å². The van der Waals surface area contributed by atoms with Gasteiger partial charge >= 0.3 is 0 Å². The van der Waals surface area contributed by atoms with Crippen molar-refractivity contribution in [2.24, 2.45) is 0 Å². The van der Waals surface area contributed by atoms with Crippen molar-refractivity contribution in [1.82, 2.24) is 14.6 Å². The maximum absolute atomic E-state index is 14.1. The van der Waals surface area contributed by atoms with Gasteiger partial charge in [0, 0.05) is 23.0 Å². The molecule has 0 spiro atoms. The smallest absolute Gasteiger partial charge is 0.247 e. The largest absolute Gasteiger partial charge is 0.323 e. The molecule has 0 amide bonds. The molecule has 4 aromatic rings. The Morgan fingerprint density at radius 1 is 0.826 bits per heavy atom. The Balaban J connectivity index is 1.81. The summed E-state index contributed by atoms with van der Waals surface area (Å²) >= 11 is 0. The molecule has 2 heterocycles. The summed E-state index contributed by atoms with van der Waals surface area (Å²) in [6.07, 6.45) is 1.79. The van der Waals surface area contributed by atoms with Gasteiger partial charge in [0.15, 0.2) is 5.65 Å². The number of para-hydroxylation sites is 1. The molecule has 0 bridgehead atoms. The number of benzene rings is 2. The highest BCUT2D eigenvalue weighted by molar-refractivity contribution is 5.78. The molecule has 0 aliphatic carbocycles. The lowest BCUT2D eigenvalue weighted by molar-refractivity contribution is 0.631. The third-order valence-electron chi connectivity index (χ3n) is 3.56. The summed E-state index contributed by atoms with van der Waals surface area (Å²) in [5, 5.41) is 7.55. The van der Waals surface area contributed by atoms with Crippen LogP contribution in [0.2, 0.25) is 0 Å². The predicted molar refractivity (Wildman–Crippen MR) is 88.1 cm³/mol. The van der Waals surface area contributed by atoms with E-state index in [0.29, 0.717) is 22.7 Å². The second-order valence-electron chi connectivity index (χ2n) is 5.10. The molecule has 0 fully saturated rings. The Morgan fingerprint density at radius 3 is 2.39 bits per heavy atom. The first-order chi connectivity index (χ1) is 11.3. The fraction of sp³-hybridized carbons (Fsp3) is 0. The Labute approximate surface area is 132 Å². The molecule has 0 saturated heterocycles. The fourth-order valence-electron chi connectivity index (χ4n) is 2.50. The van der Waals surface area contributed by atoms with Gasteiger partial charge in [0.2, 0.25) is 5.95 Å². The highest BCUT2D eigenvalue weighted by Gasteiger charge is 2.12. The molecule has 4 nitrogen and oxygen atoms in total. The van der Waals surface area contributed by atoms with Crippen molar-refractivity contribution in [2.75, 3.05) is 5.32 Å². The summed E-state index contributed by atoms with van der Waals surface area (Å²) in [7, 11) is 0. The maximum atomic E-state index is 14.1. The van der Waals surface area contributed by atoms with Crippen LogP contribution in [0.3, 0.4) is 0 Å². The van der Waals surface area contributed by atoms with Crippen molar-refractivity contribution < 1.29 is 4.39 Å². The number of aromatic nitrogens is 3. The summed E-state index contributed by atoms with van der Waals surface area (Å²) in [5.41, 5.74) is 2.72. The Hall–Kier alpha value is -3.21. The van der Waals surface area contributed by atoms with Crippen LogP contribution in [0.15, 0.2) is 72.9 Å². The van der Waals surface area contributed by atoms with Crippen LogP contribution in [0.4, 0.5) is 16.0 Å². The van der Waals surface area contributed by atoms with E-state index in [0.717, 1.165) is 5.69 Å². The third-order valence-corrected chi connectivity index (χ3v) is 3.56. The lowest BCUT2D eigenvalue weighted by atomic mass is 10.1. The Bertz CT molecular complexity index is 963. The highest BCUT2D eigenvalue weighted by Crippen LogP contribution is 2.26. The zero-order valence-corrected chi connectivity index (χ0v) is 12.1. The van der Waals surface area contributed by atoms with E-state index in [-0.39, 0.29) is 5.82 Å². The van der Waals surface area contributed by atoms with Crippen molar-refractivity contribution in [3.63, 3.8) is 0 Å². The number of rotatable bonds is 3. The van der Waals surface area contributed by atoms with Gasteiger partial charge in [0.25, 0.3) is 0 Å². The Kier molecular flexibility index (Phi) is 3.24. The van der Waals surface area contributed by atoms with E-state index in [2.05, 4.69) is 15.4 Å². The summed E-state index contributed by atoms with van der Waals surface area (Å²) in [4.78, 5) is 4.50. The minimum Gasteiger partial charge on any atom is -0.323 e. The number of pyridine rings is 1. The van der Waals surface area contributed by atoms with E-state index in [1.165, 1.54) is 6.07 Å². The first kappa shape index (κ1) is 13.5. The van der Waals surface area contributed by atoms with Crippen LogP contribution >= 0.6 is 0 Å². The molecule has 0 saturated carbocycles. The number of hydrogen-bond acceptors (Lipinski definition) is 3. The first-order valence-corrected chi connectivity index (χ1v) is 7.23. The minimum absolute atomic E-state index is 0.277. The van der Waals surface area contributed by atoms with Crippen molar-refractivity contribution in [3.05, 3.63) is 78.7 Å². The summed E-state index contributed by atoms with van der Waals surface area (Å²) in [5.74, 6) is 0.196. The molecule has 0 aliphatic rings. The van der Waals surface area contributed by atoms with E-state index in [1.54, 1.807) is 28.9 Å². The SMILES string of the molecule is Fc1ccccc1-c1cccn2nc(Nc3ccccc3)nc12. The normalized spacial score (nSPS) is 10.8. The van der Waals surface area contributed by atoms with Crippen molar-refractivity contribution >= 4 is 17.3 Å². The molecule has 2 aromatic heterocycles. The molecule has 0 atom stereocenters. The molecule has 112 valence electrons. The zero-order chi connectivity index (χ0) is 15.6. The number of fused-ring (bicyclic) bond motifs is 1. The lowest BCUT2D eigenvalue weighted by Crippen LogP contribution is -1.92. The van der Waals surface area contributed by atoms with Crippen LogP contribution in [0, 0.1) is 5.82 Å². The van der Waals surface area contributed by atoms with Crippen LogP contribution < -0.4 is 5.32 Å². The molecule has 2 aromatic carbocycles. The summed E-state index contributed by atoms with van der Waals surface area (Å²) in [6.45, 7) is 0. The molecular weight excluding hydrogens is 291 g/mol. The molecule has 5 heteroatoms. The van der Waals surface area contributed by atoms with E-state index in [1.807, 2.05) is 42.5 Å². The quantitative estimate of drug-likeness (QED) is 0.614. The fourth-order valence-corrected chi connectivity index (χ4v) is 2.50. The predicted octanol–water partition coefficient (Wildman–Crippen LogP) is 4.28. The molecule has 1 N–H and O–H groups in total. The second kappa shape index (κ2) is 5.53. The van der Waals surface area contributed by atoms with Crippen molar-refractivity contribution in [1.29, 1.82) is 0 Å². The van der Waals surface area contributed by atoms with Gasteiger partial charge in [-0.15, -0.1) is 5.10 Å². The van der Waals surface area contributed by atoms with Gasteiger partial charge in [-0.1, -0.05) is 36.4 Å². The third kappa shape index (κ3) is 2.53. The summed E-state index contributed by atoms with van der Waals surface area (Å²) in [6, 6.07) is 20.0. The van der Waals surface area contributed by atoms with Gasteiger partial charge in [0.05, 0.1) is 0 Å². The number of nitrogens with one attached hydrogen (secondary N) is 1. The number of nitrogens with zero attached hydrogens (tertiary/aromatic N) is 3. The summed E-state index contributed by atoms with van der Waals surface area (Å²) < 4.78 is 15.7. The first-order valence-electron chi connectivity index (χ1n) is 7.23. The molecule has 0 unspecified atom stereocenters. The van der Waals surface area contributed by atoms with Crippen LogP contribution in [0.1, 0.15) is 0 Å². The van der Waals surface area contributed by atoms with Crippen LogP contribution in [-0.2, 0) is 0 Å². The molecule has 4 rings (SSSR count). The van der Waals surface area contributed by atoms with Gasteiger partial charge in [-0.05, 0) is 30.3 Å². The zero-order valence-electron chi connectivity index (χ0n) is 12.1. The molecule has 0 aliphatic heterocycles. The van der Waals surface area contributed by atoms with E-state index < -0.39 is 0 Å². The number of halogens is 1. The highest BCUT2D eigenvalue weighted by atomic mass is 19.1. The Morgan fingerprint density at radius 2 is 1.57 bits per heavy atom. The van der Waals surface area contributed by atoms with Crippen molar-refractivity contribution in [2.45, 2.75) is 0 Å². The van der Waals surface area contributed by atoms with Gasteiger partial charge in [-0.25, -0.2) is 8.91 Å². The van der Waals surface area contributed by atoms with E-state index in [4.69, 9.17) is 0 Å². The monoisotopic (exact) mass is 304 g/mol. The second-order valence-corrected chi connectivity index (χ2v) is 5.10.